The monoisotopic (exact) mass is 595 g/mol. The predicted molar refractivity (Wildman–Crippen MR) is 164 cm³/mol. The molecule has 0 aliphatic heterocycles. The minimum Gasteiger partial charge on any atom is -0.497 e. The summed E-state index contributed by atoms with van der Waals surface area (Å²) in [7, 11) is -1.09. The second-order valence-corrected chi connectivity index (χ2v) is 12.9. The Morgan fingerprint density at radius 2 is 1.52 bits per heavy atom. The summed E-state index contributed by atoms with van der Waals surface area (Å²) >= 11 is 0. The van der Waals surface area contributed by atoms with Crippen molar-refractivity contribution in [2.24, 2.45) is 0 Å². The summed E-state index contributed by atoms with van der Waals surface area (Å²) in [5.41, 5.74) is 1.40. The van der Waals surface area contributed by atoms with E-state index >= 15 is 0 Å². The van der Waals surface area contributed by atoms with E-state index in [1.165, 1.54) is 24.1 Å². The van der Waals surface area contributed by atoms with Gasteiger partial charge in [0.25, 0.3) is 10.0 Å². The lowest BCUT2D eigenvalue weighted by Gasteiger charge is -2.34. The summed E-state index contributed by atoms with van der Waals surface area (Å²) < 4.78 is 39.7. The Labute approximate surface area is 249 Å². The maximum absolute atomic E-state index is 14.2. The van der Waals surface area contributed by atoms with Gasteiger partial charge < -0.3 is 19.7 Å². The van der Waals surface area contributed by atoms with Crippen LogP contribution in [-0.4, -0.2) is 57.5 Å². The molecule has 0 saturated heterocycles. The second kappa shape index (κ2) is 13.7. The van der Waals surface area contributed by atoms with E-state index in [4.69, 9.17) is 9.47 Å². The fraction of sp³-hybridized carbons (Fsp3) is 0.375. The molecule has 0 spiro atoms. The Morgan fingerprint density at radius 1 is 0.905 bits per heavy atom. The fourth-order valence-corrected chi connectivity index (χ4v) is 5.87. The molecule has 0 fully saturated rings. The molecule has 226 valence electrons. The van der Waals surface area contributed by atoms with Crippen LogP contribution in [0.2, 0.25) is 0 Å². The lowest BCUT2D eigenvalue weighted by molar-refractivity contribution is -0.141. The van der Waals surface area contributed by atoms with E-state index in [-0.39, 0.29) is 17.3 Å². The first kappa shape index (κ1) is 32.5. The molecular weight excluding hydrogens is 554 g/mol. The molecule has 0 heterocycles. The zero-order chi connectivity index (χ0) is 31.1. The van der Waals surface area contributed by atoms with Crippen molar-refractivity contribution in [2.75, 3.05) is 25.1 Å². The number of hydrogen-bond donors (Lipinski definition) is 1. The van der Waals surface area contributed by atoms with Gasteiger partial charge in [0.15, 0.2) is 0 Å². The summed E-state index contributed by atoms with van der Waals surface area (Å²) in [5.74, 6) is 0.301. The molecule has 3 aromatic carbocycles. The van der Waals surface area contributed by atoms with Crippen molar-refractivity contribution < 1.29 is 27.5 Å². The quantitative estimate of drug-likeness (QED) is 0.318. The van der Waals surface area contributed by atoms with Crippen LogP contribution in [0.15, 0.2) is 77.7 Å². The number of amides is 2. The molecule has 1 N–H and O–H groups in total. The lowest BCUT2D eigenvalue weighted by atomic mass is 10.1. The molecule has 1 unspecified atom stereocenters. The van der Waals surface area contributed by atoms with Gasteiger partial charge in [0.1, 0.15) is 24.1 Å². The minimum absolute atomic E-state index is 0.0496. The Kier molecular flexibility index (Phi) is 10.6. The van der Waals surface area contributed by atoms with E-state index in [1.807, 2.05) is 40.7 Å². The summed E-state index contributed by atoms with van der Waals surface area (Å²) in [4.78, 5) is 29.1. The van der Waals surface area contributed by atoms with Gasteiger partial charge in [-0.05, 0) is 88.2 Å². The average molecular weight is 596 g/mol. The molecule has 0 aromatic heterocycles. The maximum atomic E-state index is 14.2. The lowest BCUT2D eigenvalue weighted by Crippen LogP contribution is -2.55. The Balaban J connectivity index is 2.08. The second-order valence-electron chi connectivity index (χ2n) is 11.1. The van der Waals surface area contributed by atoms with Gasteiger partial charge in [0.2, 0.25) is 11.8 Å². The SMILES string of the molecule is CCC(C(=O)NC(C)(C)C)N(Cc1cccc(OC)c1)C(=O)CN(c1ccc(OC)cc1)S(=O)(=O)c1ccc(C)cc1. The zero-order valence-corrected chi connectivity index (χ0v) is 26.2. The van der Waals surface area contributed by atoms with Gasteiger partial charge in [0.05, 0.1) is 24.8 Å². The van der Waals surface area contributed by atoms with Crippen LogP contribution in [0.3, 0.4) is 0 Å². The highest BCUT2D eigenvalue weighted by Crippen LogP contribution is 2.27. The van der Waals surface area contributed by atoms with Gasteiger partial charge in [0, 0.05) is 12.1 Å². The molecule has 10 heteroatoms. The number of methoxy groups -OCH3 is 2. The van der Waals surface area contributed by atoms with Crippen LogP contribution in [0.4, 0.5) is 5.69 Å². The van der Waals surface area contributed by atoms with Crippen LogP contribution in [-0.2, 0) is 26.2 Å². The van der Waals surface area contributed by atoms with E-state index in [0.717, 1.165) is 15.4 Å². The van der Waals surface area contributed by atoms with E-state index in [9.17, 15) is 18.0 Å². The number of hydrogen-bond acceptors (Lipinski definition) is 6. The topological polar surface area (TPSA) is 105 Å². The number of nitrogens with zero attached hydrogens (tertiary/aromatic N) is 2. The molecule has 0 saturated carbocycles. The molecule has 9 nitrogen and oxygen atoms in total. The highest BCUT2D eigenvalue weighted by Gasteiger charge is 2.34. The first-order valence-electron chi connectivity index (χ1n) is 13.8. The van der Waals surface area contributed by atoms with Gasteiger partial charge in [-0.1, -0.05) is 36.8 Å². The van der Waals surface area contributed by atoms with Gasteiger partial charge >= 0.3 is 0 Å². The van der Waals surface area contributed by atoms with Crippen molar-refractivity contribution in [1.29, 1.82) is 0 Å². The van der Waals surface area contributed by atoms with Crippen LogP contribution in [0, 0.1) is 6.92 Å². The van der Waals surface area contributed by atoms with Crippen molar-refractivity contribution in [1.82, 2.24) is 10.2 Å². The standard InChI is InChI=1S/C32H41N3O6S/c1-8-29(31(37)33-32(3,4)5)34(21-24-10-9-11-27(20-24)41-7)30(36)22-35(25-14-16-26(40-6)17-15-25)42(38,39)28-18-12-23(2)13-19-28/h9-20,29H,8,21-22H2,1-7H3,(H,33,37). The fourth-order valence-electron chi connectivity index (χ4n) is 4.45. The van der Waals surface area contributed by atoms with Crippen LogP contribution >= 0.6 is 0 Å². The summed E-state index contributed by atoms with van der Waals surface area (Å²) in [6, 6.07) is 19.3. The van der Waals surface area contributed by atoms with Crippen LogP contribution in [0.1, 0.15) is 45.2 Å². The van der Waals surface area contributed by atoms with E-state index in [2.05, 4.69) is 5.32 Å². The summed E-state index contributed by atoms with van der Waals surface area (Å²) in [5, 5.41) is 2.97. The molecule has 0 radical (unpaired) electrons. The first-order valence-corrected chi connectivity index (χ1v) is 15.2. The Bertz CT molecular complexity index is 1470. The number of ether oxygens (including phenoxy) is 2. The summed E-state index contributed by atoms with van der Waals surface area (Å²) in [6.45, 7) is 8.84. The third-order valence-electron chi connectivity index (χ3n) is 6.62. The van der Waals surface area contributed by atoms with E-state index in [0.29, 0.717) is 23.6 Å². The molecule has 42 heavy (non-hydrogen) atoms. The number of aryl methyl sites for hydroxylation is 1. The van der Waals surface area contributed by atoms with Gasteiger partial charge in [-0.3, -0.25) is 13.9 Å². The Hall–Kier alpha value is -4.05. The van der Waals surface area contributed by atoms with Crippen molar-refractivity contribution >= 4 is 27.5 Å². The number of sulfonamides is 1. The Morgan fingerprint density at radius 3 is 2.07 bits per heavy atom. The molecule has 2 amide bonds. The average Bonchev–Trinajstić information content (AvgIpc) is 2.95. The number of anilines is 1. The first-order chi connectivity index (χ1) is 19.8. The minimum atomic E-state index is -4.16. The molecule has 0 aliphatic rings. The molecule has 3 rings (SSSR count). The summed E-state index contributed by atoms with van der Waals surface area (Å²) in [6.07, 6.45) is 0.324. The predicted octanol–water partition coefficient (Wildman–Crippen LogP) is 4.93. The number of benzene rings is 3. The van der Waals surface area contributed by atoms with Crippen LogP contribution in [0.5, 0.6) is 11.5 Å². The van der Waals surface area contributed by atoms with Gasteiger partial charge in [-0.15, -0.1) is 0 Å². The third-order valence-corrected chi connectivity index (χ3v) is 8.41. The normalized spacial score (nSPS) is 12.3. The largest absolute Gasteiger partial charge is 0.497 e. The molecule has 3 aromatic rings. The smallest absolute Gasteiger partial charge is 0.264 e. The zero-order valence-electron chi connectivity index (χ0n) is 25.4. The van der Waals surface area contributed by atoms with E-state index in [1.54, 1.807) is 61.7 Å². The molecule has 0 aliphatic carbocycles. The van der Waals surface area contributed by atoms with Crippen molar-refractivity contribution in [3.63, 3.8) is 0 Å². The molecular formula is C32H41N3O6S. The number of carbonyl (C=O) groups is 2. The third kappa shape index (κ3) is 8.25. The maximum Gasteiger partial charge on any atom is 0.264 e. The number of rotatable bonds is 12. The molecule has 1 atom stereocenters. The van der Waals surface area contributed by atoms with Crippen molar-refractivity contribution in [3.8, 4) is 11.5 Å². The van der Waals surface area contributed by atoms with Crippen LogP contribution in [0.25, 0.3) is 0 Å². The number of nitrogens with one attached hydrogen (secondary N) is 1. The van der Waals surface area contributed by atoms with Crippen molar-refractivity contribution in [3.05, 3.63) is 83.9 Å². The highest BCUT2D eigenvalue weighted by atomic mass is 32.2. The van der Waals surface area contributed by atoms with Crippen molar-refractivity contribution in [2.45, 2.75) is 64.1 Å². The number of carbonyl (C=O) groups excluding carboxylic acids is 2. The highest BCUT2D eigenvalue weighted by molar-refractivity contribution is 7.92. The van der Waals surface area contributed by atoms with E-state index < -0.39 is 34.1 Å². The van der Waals surface area contributed by atoms with Gasteiger partial charge in [-0.25, -0.2) is 8.42 Å². The van der Waals surface area contributed by atoms with Crippen LogP contribution < -0.4 is 19.1 Å². The van der Waals surface area contributed by atoms with Gasteiger partial charge in [-0.2, -0.15) is 0 Å². The molecule has 0 bridgehead atoms.